The molecule has 1 heterocycles. The molecule has 0 fully saturated rings. The zero-order valence-corrected chi connectivity index (χ0v) is 8.54. The van der Waals surface area contributed by atoms with Gasteiger partial charge in [-0.1, -0.05) is 41.7 Å². The zero-order chi connectivity index (χ0) is 9.80. The number of hydrogen-bond donors (Lipinski definition) is 0. The molecule has 0 aliphatic carbocycles. The van der Waals surface area contributed by atoms with Crippen molar-refractivity contribution in [1.29, 1.82) is 0 Å². The van der Waals surface area contributed by atoms with Gasteiger partial charge in [-0.3, -0.25) is 4.79 Å². The third kappa shape index (κ3) is 2.12. The number of benzene rings is 1. The molecule has 0 amide bonds. The Morgan fingerprint density at radius 2 is 2.00 bits per heavy atom. The summed E-state index contributed by atoms with van der Waals surface area (Å²) < 4.78 is 1.75. The van der Waals surface area contributed by atoms with Crippen LogP contribution in [0.15, 0.2) is 46.7 Å². The number of aromatic nitrogens is 1. The van der Waals surface area contributed by atoms with Gasteiger partial charge in [0.1, 0.15) is 0 Å². The Labute approximate surface area is 86.4 Å². The van der Waals surface area contributed by atoms with Crippen molar-refractivity contribution in [3.63, 3.8) is 0 Å². The third-order valence-corrected chi connectivity index (χ3v) is 2.82. The topological polar surface area (TPSA) is 22.0 Å². The highest BCUT2D eigenvalue weighted by Gasteiger charge is 1.96. The van der Waals surface area contributed by atoms with Crippen LogP contribution in [-0.4, -0.2) is 4.57 Å². The van der Waals surface area contributed by atoms with Gasteiger partial charge in [-0.05, 0) is 12.0 Å². The fourth-order valence-corrected chi connectivity index (χ4v) is 1.96. The second-order valence-corrected chi connectivity index (χ2v) is 3.96. The molecule has 0 aliphatic heterocycles. The summed E-state index contributed by atoms with van der Waals surface area (Å²) >= 11 is 1.25. The average Bonchev–Trinajstić information content (AvgIpc) is 2.63. The van der Waals surface area contributed by atoms with E-state index in [9.17, 15) is 4.79 Å². The second-order valence-electron chi connectivity index (χ2n) is 3.10. The predicted molar refractivity (Wildman–Crippen MR) is 58.7 cm³/mol. The minimum atomic E-state index is 0.126. The minimum Gasteiger partial charge on any atom is -0.306 e. The van der Waals surface area contributed by atoms with E-state index in [1.165, 1.54) is 16.9 Å². The Kier molecular flexibility index (Phi) is 2.79. The maximum absolute atomic E-state index is 11.2. The standard InChI is InChI=1S/C11H11NOS/c13-11-12(8-9-14-11)7-6-10-4-2-1-3-5-10/h1-5,8-9H,6-7H2. The van der Waals surface area contributed by atoms with E-state index >= 15 is 0 Å². The summed E-state index contributed by atoms with van der Waals surface area (Å²) in [5.74, 6) is 0. The second kappa shape index (κ2) is 4.24. The van der Waals surface area contributed by atoms with E-state index < -0.39 is 0 Å². The van der Waals surface area contributed by atoms with Crippen molar-refractivity contribution >= 4 is 11.3 Å². The van der Waals surface area contributed by atoms with Crippen LogP contribution in [0.3, 0.4) is 0 Å². The maximum atomic E-state index is 11.2. The summed E-state index contributed by atoms with van der Waals surface area (Å²) in [7, 11) is 0. The van der Waals surface area contributed by atoms with Crippen molar-refractivity contribution in [3.8, 4) is 0 Å². The lowest BCUT2D eigenvalue weighted by Crippen LogP contribution is -2.13. The Bertz CT molecular complexity index is 444. The van der Waals surface area contributed by atoms with Crippen molar-refractivity contribution in [2.24, 2.45) is 0 Å². The SMILES string of the molecule is O=c1sccn1CCc1ccccc1. The molecule has 0 saturated heterocycles. The molecule has 2 nitrogen and oxygen atoms in total. The molecule has 0 atom stereocenters. The highest BCUT2D eigenvalue weighted by Crippen LogP contribution is 2.01. The monoisotopic (exact) mass is 205 g/mol. The van der Waals surface area contributed by atoms with E-state index in [-0.39, 0.29) is 4.87 Å². The van der Waals surface area contributed by atoms with Crippen molar-refractivity contribution in [3.05, 3.63) is 57.1 Å². The van der Waals surface area contributed by atoms with E-state index in [1.807, 2.05) is 29.8 Å². The molecule has 0 N–H and O–H groups in total. The highest BCUT2D eigenvalue weighted by molar-refractivity contribution is 7.07. The number of rotatable bonds is 3. The van der Waals surface area contributed by atoms with Gasteiger partial charge in [-0.15, -0.1) is 0 Å². The average molecular weight is 205 g/mol. The molecule has 1 aromatic heterocycles. The van der Waals surface area contributed by atoms with Crippen LogP contribution in [0.5, 0.6) is 0 Å². The molecule has 72 valence electrons. The molecule has 0 radical (unpaired) electrons. The Morgan fingerprint density at radius 1 is 1.21 bits per heavy atom. The first-order chi connectivity index (χ1) is 6.86. The van der Waals surface area contributed by atoms with Gasteiger partial charge in [0.15, 0.2) is 0 Å². The Balaban J connectivity index is 2.02. The van der Waals surface area contributed by atoms with Crippen LogP contribution in [-0.2, 0) is 13.0 Å². The fraction of sp³-hybridized carbons (Fsp3) is 0.182. The van der Waals surface area contributed by atoms with Gasteiger partial charge >= 0.3 is 4.87 Å². The number of aryl methyl sites for hydroxylation is 2. The summed E-state index contributed by atoms with van der Waals surface area (Å²) in [5.41, 5.74) is 1.27. The lowest BCUT2D eigenvalue weighted by atomic mass is 10.1. The third-order valence-electron chi connectivity index (χ3n) is 2.13. The largest absolute Gasteiger partial charge is 0.307 e. The molecule has 2 aromatic rings. The zero-order valence-electron chi connectivity index (χ0n) is 7.72. The van der Waals surface area contributed by atoms with Crippen molar-refractivity contribution in [2.45, 2.75) is 13.0 Å². The van der Waals surface area contributed by atoms with Gasteiger partial charge in [-0.25, -0.2) is 0 Å². The van der Waals surface area contributed by atoms with E-state index in [0.29, 0.717) is 0 Å². The first-order valence-corrected chi connectivity index (χ1v) is 5.42. The van der Waals surface area contributed by atoms with Crippen LogP contribution in [0.2, 0.25) is 0 Å². The molecular weight excluding hydrogens is 194 g/mol. The van der Waals surface area contributed by atoms with Gasteiger partial charge < -0.3 is 4.57 Å². The summed E-state index contributed by atoms with van der Waals surface area (Å²) in [4.78, 5) is 11.3. The lowest BCUT2D eigenvalue weighted by Gasteiger charge is -2.00. The maximum Gasteiger partial charge on any atom is 0.307 e. The summed E-state index contributed by atoms with van der Waals surface area (Å²) in [6, 6.07) is 10.2. The number of thiazole rings is 1. The van der Waals surface area contributed by atoms with E-state index in [4.69, 9.17) is 0 Å². The minimum absolute atomic E-state index is 0.126. The highest BCUT2D eigenvalue weighted by atomic mass is 32.1. The van der Waals surface area contributed by atoms with E-state index in [2.05, 4.69) is 12.1 Å². The van der Waals surface area contributed by atoms with Gasteiger partial charge in [0.25, 0.3) is 0 Å². The van der Waals surface area contributed by atoms with E-state index in [1.54, 1.807) is 4.57 Å². The first-order valence-electron chi connectivity index (χ1n) is 4.54. The quantitative estimate of drug-likeness (QED) is 0.752. The van der Waals surface area contributed by atoms with Crippen LogP contribution in [0.25, 0.3) is 0 Å². The normalized spacial score (nSPS) is 10.3. The molecule has 1 aromatic carbocycles. The molecular formula is C11H11NOS. The van der Waals surface area contributed by atoms with E-state index in [0.717, 1.165) is 13.0 Å². The van der Waals surface area contributed by atoms with Crippen LogP contribution in [0, 0.1) is 0 Å². The van der Waals surface area contributed by atoms with Gasteiger partial charge in [-0.2, -0.15) is 0 Å². The summed E-state index contributed by atoms with van der Waals surface area (Å²) in [5, 5.41) is 1.83. The van der Waals surface area contributed by atoms with Crippen LogP contribution in [0.1, 0.15) is 5.56 Å². The van der Waals surface area contributed by atoms with Crippen molar-refractivity contribution in [1.82, 2.24) is 4.57 Å². The van der Waals surface area contributed by atoms with Crippen LogP contribution >= 0.6 is 11.3 Å². The number of nitrogens with zero attached hydrogens (tertiary/aromatic N) is 1. The molecule has 0 aliphatic rings. The fourth-order valence-electron chi connectivity index (χ4n) is 1.35. The van der Waals surface area contributed by atoms with Gasteiger partial charge in [0.05, 0.1) is 0 Å². The van der Waals surface area contributed by atoms with Gasteiger partial charge in [0, 0.05) is 18.1 Å². The lowest BCUT2D eigenvalue weighted by molar-refractivity contribution is 0.686. The molecule has 14 heavy (non-hydrogen) atoms. The molecule has 0 saturated carbocycles. The Morgan fingerprint density at radius 3 is 2.64 bits per heavy atom. The van der Waals surface area contributed by atoms with Crippen LogP contribution in [0.4, 0.5) is 0 Å². The van der Waals surface area contributed by atoms with Crippen molar-refractivity contribution < 1.29 is 0 Å². The van der Waals surface area contributed by atoms with Gasteiger partial charge in [0.2, 0.25) is 0 Å². The predicted octanol–water partition coefficient (Wildman–Crippen LogP) is 2.15. The number of hydrogen-bond acceptors (Lipinski definition) is 2. The molecule has 0 unspecified atom stereocenters. The Hall–Kier alpha value is -1.35. The summed E-state index contributed by atoms with van der Waals surface area (Å²) in [6.07, 6.45) is 2.76. The summed E-state index contributed by atoms with van der Waals surface area (Å²) in [6.45, 7) is 0.770. The molecule has 3 heteroatoms. The first kappa shape index (κ1) is 9.21. The van der Waals surface area contributed by atoms with Crippen LogP contribution < -0.4 is 4.87 Å². The van der Waals surface area contributed by atoms with Crippen molar-refractivity contribution in [2.75, 3.05) is 0 Å². The molecule has 0 bridgehead atoms. The molecule has 0 spiro atoms. The smallest absolute Gasteiger partial charge is 0.306 e. The molecule has 2 rings (SSSR count).